The number of aryl methyl sites for hydroxylation is 1. The molecule has 1 heterocycles. The van der Waals surface area contributed by atoms with Gasteiger partial charge in [-0.05, 0) is 62.9 Å². The number of ether oxygens (including phenoxy) is 2. The second kappa shape index (κ2) is 10.7. The van der Waals surface area contributed by atoms with Crippen molar-refractivity contribution >= 4 is 27.3 Å². The number of nitrogens with zero attached hydrogens (tertiary/aromatic N) is 2. The molecule has 0 radical (unpaired) electrons. The summed E-state index contributed by atoms with van der Waals surface area (Å²) in [4.78, 5) is 17.3. The molecule has 1 aliphatic carbocycles. The summed E-state index contributed by atoms with van der Waals surface area (Å²) in [6.45, 7) is 4.51. The van der Waals surface area contributed by atoms with Crippen molar-refractivity contribution in [1.29, 1.82) is 0 Å². The maximum absolute atomic E-state index is 13.3. The second-order valence-electron chi connectivity index (χ2n) is 7.94. The Bertz CT molecular complexity index is 1030. The second-order valence-corrected chi connectivity index (χ2v) is 11.5. The third-order valence-electron chi connectivity index (χ3n) is 5.58. The number of rotatable bonds is 12. The lowest BCUT2D eigenvalue weighted by molar-refractivity contribution is -0.132. The summed E-state index contributed by atoms with van der Waals surface area (Å²) in [5.74, 6) is 1.14. The lowest BCUT2D eigenvalue weighted by atomic mass is 10.1. The molecule has 0 unspecified atom stereocenters. The number of carbonyl (C=O) groups excluding carboxylic acids is 1. The number of hydrogen-bond donors (Lipinski definition) is 0. The van der Waals surface area contributed by atoms with E-state index < -0.39 is 10.0 Å². The minimum Gasteiger partial charge on any atom is -0.493 e. The van der Waals surface area contributed by atoms with E-state index in [0.29, 0.717) is 31.0 Å². The SMILES string of the molecule is CCS(=O)(=O)N(CC(=O)N(CCc1ccc(OC)c(OC)c1)Cc1ccc(C)s1)C1CC1. The highest BCUT2D eigenvalue weighted by Gasteiger charge is 2.38. The minimum atomic E-state index is -3.42. The van der Waals surface area contributed by atoms with Gasteiger partial charge in [-0.3, -0.25) is 4.79 Å². The molecule has 2 aromatic rings. The number of benzene rings is 1. The summed E-state index contributed by atoms with van der Waals surface area (Å²) in [6.07, 6.45) is 2.27. The van der Waals surface area contributed by atoms with Crippen LogP contribution in [-0.4, -0.2) is 62.6 Å². The fraction of sp³-hybridized carbons (Fsp3) is 0.522. The molecule has 176 valence electrons. The van der Waals surface area contributed by atoms with E-state index in [1.165, 1.54) is 9.18 Å². The maximum Gasteiger partial charge on any atom is 0.238 e. The van der Waals surface area contributed by atoms with Gasteiger partial charge in [0.15, 0.2) is 11.5 Å². The van der Waals surface area contributed by atoms with Crippen LogP contribution in [0.15, 0.2) is 30.3 Å². The standard InChI is InChI=1S/C23H32N2O5S2/c1-5-32(27,28)25(19-8-9-19)16-23(26)24(15-20-10-6-17(2)31-20)13-12-18-7-11-21(29-3)22(14-18)30-4/h6-7,10-11,14,19H,5,8-9,12-13,15-16H2,1-4H3. The van der Waals surface area contributed by atoms with Crippen molar-refractivity contribution in [2.45, 2.75) is 45.7 Å². The zero-order valence-electron chi connectivity index (χ0n) is 19.2. The zero-order chi connectivity index (χ0) is 23.3. The van der Waals surface area contributed by atoms with Gasteiger partial charge in [0.1, 0.15) is 0 Å². The first kappa shape index (κ1) is 24.5. The van der Waals surface area contributed by atoms with Crippen LogP contribution in [0, 0.1) is 6.92 Å². The minimum absolute atomic E-state index is 0.00649. The van der Waals surface area contributed by atoms with Gasteiger partial charge in [-0.25, -0.2) is 8.42 Å². The first-order valence-corrected chi connectivity index (χ1v) is 13.2. The summed E-state index contributed by atoms with van der Waals surface area (Å²) < 4.78 is 37.2. The molecule has 7 nitrogen and oxygen atoms in total. The summed E-state index contributed by atoms with van der Waals surface area (Å²) in [7, 11) is -0.232. The predicted octanol–water partition coefficient (Wildman–Crippen LogP) is 3.46. The summed E-state index contributed by atoms with van der Waals surface area (Å²) in [5, 5.41) is 0. The number of hydrogen-bond acceptors (Lipinski definition) is 6. The van der Waals surface area contributed by atoms with Gasteiger partial charge in [-0.1, -0.05) is 6.07 Å². The van der Waals surface area contributed by atoms with Gasteiger partial charge < -0.3 is 14.4 Å². The molecule has 9 heteroatoms. The molecule has 1 aromatic heterocycles. The molecule has 3 rings (SSSR count). The van der Waals surface area contributed by atoms with Crippen LogP contribution in [-0.2, 0) is 27.8 Å². The number of sulfonamides is 1. The average Bonchev–Trinajstić information content (AvgIpc) is 3.54. The molecule has 1 aromatic carbocycles. The van der Waals surface area contributed by atoms with Crippen LogP contribution < -0.4 is 9.47 Å². The van der Waals surface area contributed by atoms with Gasteiger partial charge in [-0.2, -0.15) is 4.31 Å². The number of carbonyl (C=O) groups is 1. The van der Waals surface area contributed by atoms with Crippen LogP contribution in [0.1, 0.15) is 35.1 Å². The Morgan fingerprint density at radius 3 is 2.41 bits per heavy atom. The van der Waals surface area contributed by atoms with Crippen molar-refractivity contribution in [2.24, 2.45) is 0 Å². The molecular formula is C23H32N2O5S2. The molecular weight excluding hydrogens is 448 g/mol. The van der Waals surface area contributed by atoms with Crippen molar-refractivity contribution in [3.05, 3.63) is 45.6 Å². The van der Waals surface area contributed by atoms with Crippen LogP contribution in [0.2, 0.25) is 0 Å². The van der Waals surface area contributed by atoms with Crippen LogP contribution in [0.4, 0.5) is 0 Å². The van der Waals surface area contributed by atoms with E-state index in [2.05, 4.69) is 0 Å². The Labute approximate surface area is 195 Å². The maximum atomic E-state index is 13.3. The molecule has 0 atom stereocenters. The van der Waals surface area contributed by atoms with E-state index in [4.69, 9.17) is 9.47 Å². The van der Waals surface area contributed by atoms with E-state index in [-0.39, 0.29) is 24.2 Å². The molecule has 0 saturated heterocycles. The summed E-state index contributed by atoms with van der Waals surface area (Å²) in [5.41, 5.74) is 1.02. The van der Waals surface area contributed by atoms with Crippen LogP contribution in [0.25, 0.3) is 0 Å². The van der Waals surface area contributed by atoms with E-state index in [1.54, 1.807) is 37.4 Å². The highest BCUT2D eigenvalue weighted by molar-refractivity contribution is 7.89. The topological polar surface area (TPSA) is 76.2 Å². The predicted molar refractivity (Wildman–Crippen MR) is 127 cm³/mol. The van der Waals surface area contributed by atoms with Crippen molar-refractivity contribution in [2.75, 3.05) is 33.1 Å². The number of thiophene rings is 1. The molecule has 0 aliphatic heterocycles. The smallest absolute Gasteiger partial charge is 0.238 e. The van der Waals surface area contributed by atoms with Gasteiger partial charge in [-0.15, -0.1) is 11.3 Å². The molecule has 1 fully saturated rings. The normalized spacial score (nSPS) is 13.9. The number of amides is 1. The van der Waals surface area contributed by atoms with Gasteiger partial charge in [0.05, 0.1) is 33.1 Å². The quantitative estimate of drug-likeness (QED) is 0.465. The Balaban J connectivity index is 1.76. The molecule has 1 aliphatic rings. The summed E-state index contributed by atoms with van der Waals surface area (Å²) in [6, 6.07) is 9.74. The molecule has 32 heavy (non-hydrogen) atoms. The summed E-state index contributed by atoms with van der Waals surface area (Å²) >= 11 is 1.65. The van der Waals surface area contributed by atoms with Crippen molar-refractivity contribution in [3.63, 3.8) is 0 Å². The monoisotopic (exact) mass is 480 g/mol. The van der Waals surface area contributed by atoms with Crippen LogP contribution in [0.5, 0.6) is 11.5 Å². The van der Waals surface area contributed by atoms with Crippen LogP contribution in [0.3, 0.4) is 0 Å². The van der Waals surface area contributed by atoms with Crippen molar-refractivity contribution in [3.8, 4) is 11.5 Å². The van der Waals surface area contributed by atoms with Crippen molar-refractivity contribution < 1.29 is 22.7 Å². The van der Waals surface area contributed by atoms with Gasteiger partial charge in [0.2, 0.25) is 15.9 Å². The third kappa shape index (κ3) is 6.24. The Hall–Kier alpha value is -2.10. The Kier molecular flexibility index (Phi) is 8.19. The molecule has 1 amide bonds. The van der Waals surface area contributed by atoms with E-state index in [9.17, 15) is 13.2 Å². The molecule has 0 N–H and O–H groups in total. The molecule has 0 spiro atoms. The highest BCUT2D eigenvalue weighted by Crippen LogP contribution is 2.30. The first-order chi connectivity index (χ1) is 15.3. The average molecular weight is 481 g/mol. The van der Waals surface area contributed by atoms with Gasteiger partial charge in [0, 0.05) is 22.3 Å². The Morgan fingerprint density at radius 1 is 1.12 bits per heavy atom. The van der Waals surface area contributed by atoms with E-state index in [1.807, 2.05) is 37.3 Å². The van der Waals surface area contributed by atoms with Gasteiger partial charge in [0.25, 0.3) is 0 Å². The molecule has 1 saturated carbocycles. The third-order valence-corrected chi connectivity index (χ3v) is 8.44. The van der Waals surface area contributed by atoms with Gasteiger partial charge >= 0.3 is 0 Å². The largest absolute Gasteiger partial charge is 0.493 e. The fourth-order valence-corrected chi connectivity index (χ4v) is 5.78. The zero-order valence-corrected chi connectivity index (χ0v) is 20.8. The number of methoxy groups -OCH3 is 2. The highest BCUT2D eigenvalue weighted by atomic mass is 32.2. The first-order valence-electron chi connectivity index (χ1n) is 10.8. The van der Waals surface area contributed by atoms with Crippen molar-refractivity contribution in [1.82, 2.24) is 9.21 Å². The van der Waals surface area contributed by atoms with E-state index >= 15 is 0 Å². The van der Waals surface area contributed by atoms with E-state index in [0.717, 1.165) is 23.3 Å². The molecule has 0 bridgehead atoms. The lowest BCUT2D eigenvalue weighted by Crippen LogP contribution is -2.44. The van der Waals surface area contributed by atoms with Crippen LogP contribution >= 0.6 is 11.3 Å². The fourth-order valence-electron chi connectivity index (χ4n) is 3.57. The Morgan fingerprint density at radius 2 is 1.84 bits per heavy atom. The lowest BCUT2D eigenvalue weighted by Gasteiger charge is -2.27.